The fraction of sp³-hybridized carbons (Fsp3) is 0.312. The van der Waals surface area contributed by atoms with Crippen LogP contribution in [-0.4, -0.2) is 17.6 Å². The van der Waals surface area contributed by atoms with Crippen molar-refractivity contribution in [2.45, 2.75) is 20.3 Å². The number of nitrogens with one attached hydrogen (secondary N) is 1. The Morgan fingerprint density at radius 1 is 1.21 bits per heavy atom. The summed E-state index contributed by atoms with van der Waals surface area (Å²) in [5, 5.41) is 14.5. The molecule has 0 aliphatic carbocycles. The van der Waals surface area contributed by atoms with E-state index in [2.05, 4.69) is 42.6 Å². The van der Waals surface area contributed by atoms with Gasteiger partial charge in [-0.15, -0.1) is 0 Å². The summed E-state index contributed by atoms with van der Waals surface area (Å²) in [6.45, 7) is 4.48. The molecule has 0 radical (unpaired) electrons. The molecule has 1 unspecified atom stereocenters. The average Bonchev–Trinajstić information content (AvgIpc) is 2.38. The van der Waals surface area contributed by atoms with Crippen LogP contribution in [0.2, 0.25) is 0 Å². The van der Waals surface area contributed by atoms with E-state index in [4.69, 9.17) is 5.11 Å². The number of hydrogen-bond donors (Lipinski definition) is 2. The highest BCUT2D eigenvalue weighted by molar-refractivity contribution is 5.86. The SMILES string of the molecule is Cc1ccc2cc(NCCC(C)C(=O)O)ccc2c1. The molecule has 2 rings (SSSR count). The van der Waals surface area contributed by atoms with Gasteiger partial charge in [-0.25, -0.2) is 0 Å². The molecule has 0 aliphatic heterocycles. The Hall–Kier alpha value is -2.03. The van der Waals surface area contributed by atoms with Gasteiger partial charge >= 0.3 is 5.97 Å². The van der Waals surface area contributed by atoms with Gasteiger partial charge in [-0.05, 0) is 36.2 Å². The fourth-order valence-electron chi connectivity index (χ4n) is 2.03. The summed E-state index contributed by atoms with van der Waals surface area (Å²) in [5.74, 6) is -1.05. The van der Waals surface area contributed by atoms with E-state index in [9.17, 15) is 4.79 Å². The smallest absolute Gasteiger partial charge is 0.306 e. The second-order valence-electron chi connectivity index (χ2n) is 5.02. The Bertz CT molecular complexity index is 592. The number of anilines is 1. The first kappa shape index (κ1) is 13.4. The number of aryl methyl sites for hydroxylation is 1. The zero-order valence-corrected chi connectivity index (χ0v) is 11.3. The molecule has 0 aromatic heterocycles. The predicted octanol–water partition coefficient (Wildman–Crippen LogP) is 3.67. The van der Waals surface area contributed by atoms with Gasteiger partial charge in [0, 0.05) is 12.2 Å². The second kappa shape index (κ2) is 5.74. The van der Waals surface area contributed by atoms with Gasteiger partial charge in [0.15, 0.2) is 0 Å². The molecule has 3 nitrogen and oxygen atoms in total. The van der Waals surface area contributed by atoms with Crippen molar-refractivity contribution in [1.29, 1.82) is 0 Å². The van der Waals surface area contributed by atoms with Gasteiger partial charge in [0.2, 0.25) is 0 Å². The van der Waals surface area contributed by atoms with Gasteiger partial charge in [0.05, 0.1) is 5.92 Å². The van der Waals surface area contributed by atoms with Crippen molar-refractivity contribution >= 4 is 22.4 Å². The maximum Gasteiger partial charge on any atom is 0.306 e. The second-order valence-corrected chi connectivity index (χ2v) is 5.02. The summed E-state index contributed by atoms with van der Waals surface area (Å²) in [4.78, 5) is 10.7. The van der Waals surface area contributed by atoms with E-state index in [0.717, 1.165) is 5.69 Å². The minimum absolute atomic E-state index is 0.310. The third kappa shape index (κ3) is 3.47. The Labute approximate surface area is 113 Å². The monoisotopic (exact) mass is 257 g/mol. The van der Waals surface area contributed by atoms with Crippen molar-refractivity contribution < 1.29 is 9.90 Å². The van der Waals surface area contributed by atoms with E-state index in [0.29, 0.717) is 13.0 Å². The molecule has 3 heteroatoms. The van der Waals surface area contributed by atoms with Crippen LogP contribution in [0.4, 0.5) is 5.69 Å². The van der Waals surface area contributed by atoms with E-state index >= 15 is 0 Å². The Balaban J connectivity index is 2.02. The molecule has 0 bridgehead atoms. The molecular weight excluding hydrogens is 238 g/mol. The summed E-state index contributed by atoms with van der Waals surface area (Å²) in [6, 6.07) is 12.6. The molecule has 2 aromatic carbocycles. The van der Waals surface area contributed by atoms with Crippen LogP contribution in [0.3, 0.4) is 0 Å². The first-order chi connectivity index (χ1) is 9.06. The van der Waals surface area contributed by atoms with Crippen LogP contribution in [0.25, 0.3) is 10.8 Å². The summed E-state index contributed by atoms with van der Waals surface area (Å²) >= 11 is 0. The van der Waals surface area contributed by atoms with E-state index < -0.39 is 5.97 Å². The van der Waals surface area contributed by atoms with Gasteiger partial charge < -0.3 is 10.4 Å². The van der Waals surface area contributed by atoms with E-state index in [1.807, 2.05) is 6.07 Å². The number of aliphatic carboxylic acids is 1. The lowest BCUT2D eigenvalue weighted by atomic mass is 10.1. The van der Waals surface area contributed by atoms with Crippen LogP contribution in [-0.2, 0) is 4.79 Å². The molecule has 0 amide bonds. The Kier molecular flexibility index (Phi) is 4.05. The van der Waals surface area contributed by atoms with Crippen molar-refractivity contribution in [2.24, 2.45) is 5.92 Å². The normalized spacial score (nSPS) is 12.3. The minimum atomic E-state index is -0.740. The van der Waals surface area contributed by atoms with Gasteiger partial charge in [0.25, 0.3) is 0 Å². The number of carbonyl (C=O) groups is 1. The lowest BCUT2D eigenvalue weighted by Crippen LogP contribution is -2.14. The lowest BCUT2D eigenvalue weighted by Gasteiger charge is -2.10. The number of carboxylic acids is 1. The first-order valence-electron chi connectivity index (χ1n) is 6.53. The van der Waals surface area contributed by atoms with Crippen molar-refractivity contribution in [2.75, 3.05) is 11.9 Å². The van der Waals surface area contributed by atoms with Crippen LogP contribution in [0.5, 0.6) is 0 Å². The molecule has 0 saturated carbocycles. The molecule has 19 heavy (non-hydrogen) atoms. The van der Waals surface area contributed by atoms with Crippen molar-refractivity contribution in [3.05, 3.63) is 42.0 Å². The van der Waals surface area contributed by atoms with Crippen LogP contribution >= 0.6 is 0 Å². The van der Waals surface area contributed by atoms with Gasteiger partial charge in [0.1, 0.15) is 0 Å². The summed E-state index contributed by atoms with van der Waals surface area (Å²) in [6.07, 6.45) is 0.626. The van der Waals surface area contributed by atoms with E-state index in [-0.39, 0.29) is 5.92 Å². The summed E-state index contributed by atoms with van der Waals surface area (Å²) < 4.78 is 0. The lowest BCUT2D eigenvalue weighted by molar-refractivity contribution is -0.141. The van der Waals surface area contributed by atoms with Gasteiger partial charge in [-0.2, -0.15) is 0 Å². The zero-order chi connectivity index (χ0) is 13.8. The standard InChI is InChI=1S/C16H19NO2/c1-11-3-4-14-10-15(6-5-13(14)9-11)17-8-7-12(2)16(18)19/h3-6,9-10,12,17H,7-8H2,1-2H3,(H,18,19). The van der Waals surface area contributed by atoms with Crippen LogP contribution in [0, 0.1) is 12.8 Å². The quantitative estimate of drug-likeness (QED) is 0.859. The molecule has 2 N–H and O–H groups in total. The third-order valence-electron chi connectivity index (χ3n) is 3.32. The molecule has 0 fully saturated rings. The Morgan fingerprint density at radius 3 is 2.63 bits per heavy atom. The Morgan fingerprint density at radius 2 is 1.89 bits per heavy atom. The average molecular weight is 257 g/mol. The van der Waals surface area contributed by atoms with Gasteiger partial charge in [-0.3, -0.25) is 4.79 Å². The van der Waals surface area contributed by atoms with Crippen LogP contribution < -0.4 is 5.32 Å². The van der Waals surface area contributed by atoms with E-state index in [1.165, 1.54) is 16.3 Å². The molecule has 0 aliphatic rings. The molecule has 1 atom stereocenters. The van der Waals surface area contributed by atoms with Crippen molar-refractivity contribution in [1.82, 2.24) is 0 Å². The molecule has 0 saturated heterocycles. The van der Waals surface area contributed by atoms with Crippen molar-refractivity contribution in [3.63, 3.8) is 0 Å². The van der Waals surface area contributed by atoms with Crippen molar-refractivity contribution in [3.8, 4) is 0 Å². The molecule has 100 valence electrons. The van der Waals surface area contributed by atoms with Crippen LogP contribution in [0.1, 0.15) is 18.9 Å². The number of rotatable bonds is 5. The molecule has 2 aromatic rings. The predicted molar refractivity (Wildman–Crippen MR) is 78.6 cm³/mol. The highest BCUT2D eigenvalue weighted by atomic mass is 16.4. The topological polar surface area (TPSA) is 49.3 Å². The maximum absolute atomic E-state index is 10.7. The highest BCUT2D eigenvalue weighted by Crippen LogP contribution is 2.20. The summed E-state index contributed by atoms with van der Waals surface area (Å²) in [7, 11) is 0. The van der Waals surface area contributed by atoms with Gasteiger partial charge in [-0.1, -0.05) is 36.8 Å². The minimum Gasteiger partial charge on any atom is -0.481 e. The summed E-state index contributed by atoms with van der Waals surface area (Å²) in [5.41, 5.74) is 2.29. The number of carboxylic acid groups (broad SMARTS) is 1. The fourth-order valence-corrected chi connectivity index (χ4v) is 2.03. The molecular formula is C16H19NO2. The first-order valence-corrected chi connectivity index (χ1v) is 6.53. The third-order valence-corrected chi connectivity index (χ3v) is 3.32. The molecule has 0 spiro atoms. The van der Waals surface area contributed by atoms with E-state index in [1.54, 1.807) is 6.92 Å². The zero-order valence-electron chi connectivity index (χ0n) is 11.3. The maximum atomic E-state index is 10.7. The highest BCUT2D eigenvalue weighted by Gasteiger charge is 2.09. The largest absolute Gasteiger partial charge is 0.481 e. The number of fused-ring (bicyclic) bond motifs is 1. The molecule has 0 heterocycles. The number of hydrogen-bond acceptors (Lipinski definition) is 2. The van der Waals surface area contributed by atoms with Crippen LogP contribution in [0.15, 0.2) is 36.4 Å². The number of benzene rings is 2.